The molecule has 0 radical (unpaired) electrons. The van der Waals surface area contributed by atoms with Crippen molar-refractivity contribution in [2.24, 2.45) is 0 Å². The van der Waals surface area contributed by atoms with Gasteiger partial charge >= 0.3 is 11.7 Å². The molecule has 90 valence electrons. The zero-order valence-corrected chi connectivity index (χ0v) is 9.52. The topological polar surface area (TPSA) is 94.5 Å². The van der Waals surface area contributed by atoms with E-state index in [-0.39, 0.29) is 31.3 Å². The van der Waals surface area contributed by atoms with Crippen LogP contribution in [0, 0.1) is 5.39 Å². The van der Waals surface area contributed by atoms with Crippen LogP contribution in [-0.4, -0.2) is 23.5 Å². The Balaban J connectivity index is 0.00000256. The van der Waals surface area contributed by atoms with Crippen LogP contribution >= 0.6 is 0 Å². The van der Waals surface area contributed by atoms with E-state index in [0.29, 0.717) is 11.3 Å². The van der Waals surface area contributed by atoms with Crippen LogP contribution in [0.25, 0.3) is 4.98 Å². The predicted octanol–water partition coefficient (Wildman–Crippen LogP) is -1.62. The fraction of sp³-hybridized carbons (Fsp3) is 0.200. The largest absolute Gasteiger partial charge is 1.00 e. The number of diazo groups is 1. The van der Waals surface area contributed by atoms with E-state index < -0.39 is 5.97 Å². The van der Waals surface area contributed by atoms with Crippen LogP contribution in [-0.2, 0) is 4.79 Å². The minimum Gasteiger partial charge on any atom is -1.00 e. The highest BCUT2D eigenvalue weighted by atomic mass is 35.5. The van der Waals surface area contributed by atoms with Crippen LogP contribution in [0.3, 0.4) is 0 Å². The summed E-state index contributed by atoms with van der Waals surface area (Å²) >= 11 is 0. The SMILES string of the molecule is N#[N+]c1ccc(C(=O)NCCC(=O)O)cc1.[Cl-]. The number of nitrogens with one attached hydrogen (secondary N) is 1. The third-order valence-electron chi connectivity index (χ3n) is 1.87. The van der Waals surface area contributed by atoms with E-state index in [9.17, 15) is 9.59 Å². The number of carboxylic acids is 1. The van der Waals surface area contributed by atoms with E-state index in [2.05, 4.69) is 10.3 Å². The van der Waals surface area contributed by atoms with Crippen molar-refractivity contribution in [1.29, 1.82) is 5.39 Å². The quantitative estimate of drug-likeness (QED) is 0.632. The van der Waals surface area contributed by atoms with Crippen LogP contribution in [0.2, 0.25) is 0 Å². The van der Waals surface area contributed by atoms with E-state index in [0.717, 1.165) is 0 Å². The molecule has 0 heterocycles. The molecule has 1 aromatic rings. The summed E-state index contributed by atoms with van der Waals surface area (Å²) < 4.78 is 0. The number of hydrogen-bond donors (Lipinski definition) is 2. The highest BCUT2D eigenvalue weighted by Crippen LogP contribution is 2.12. The van der Waals surface area contributed by atoms with Crippen molar-refractivity contribution in [2.45, 2.75) is 6.42 Å². The molecule has 0 spiro atoms. The summed E-state index contributed by atoms with van der Waals surface area (Å²) in [6.07, 6.45) is -0.115. The maximum absolute atomic E-state index is 11.4. The van der Waals surface area contributed by atoms with Gasteiger partial charge in [0.2, 0.25) is 5.39 Å². The molecule has 2 N–H and O–H groups in total. The lowest BCUT2D eigenvalue weighted by atomic mass is 10.2. The van der Waals surface area contributed by atoms with E-state index in [1.165, 1.54) is 24.3 Å². The Morgan fingerprint density at radius 1 is 1.29 bits per heavy atom. The summed E-state index contributed by atoms with van der Waals surface area (Å²) in [6, 6.07) is 5.94. The van der Waals surface area contributed by atoms with Gasteiger partial charge in [-0.2, -0.15) is 0 Å². The molecule has 1 aromatic carbocycles. The number of carboxylic acid groups (broad SMARTS) is 1. The van der Waals surface area contributed by atoms with Crippen LogP contribution in [0.5, 0.6) is 0 Å². The van der Waals surface area contributed by atoms with Crippen LogP contribution in [0.4, 0.5) is 5.69 Å². The number of carbonyl (C=O) groups is 2. The van der Waals surface area contributed by atoms with E-state index in [4.69, 9.17) is 10.5 Å². The van der Waals surface area contributed by atoms with Crippen molar-refractivity contribution in [3.63, 3.8) is 0 Å². The Morgan fingerprint density at radius 2 is 1.88 bits per heavy atom. The number of rotatable bonds is 4. The van der Waals surface area contributed by atoms with Gasteiger partial charge in [-0.05, 0) is 12.1 Å². The van der Waals surface area contributed by atoms with E-state index in [1.807, 2.05) is 0 Å². The van der Waals surface area contributed by atoms with Crippen LogP contribution in [0.1, 0.15) is 16.8 Å². The lowest BCUT2D eigenvalue weighted by Crippen LogP contribution is -3.00. The summed E-state index contributed by atoms with van der Waals surface area (Å²) in [5, 5.41) is 19.3. The number of hydrogen-bond acceptors (Lipinski definition) is 3. The Hall–Kier alpha value is -2.13. The molecule has 0 saturated carbocycles. The minimum atomic E-state index is -0.963. The zero-order valence-electron chi connectivity index (χ0n) is 8.76. The Labute approximate surface area is 104 Å². The monoisotopic (exact) mass is 255 g/mol. The van der Waals surface area contributed by atoms with Gasteiger partial charge in [0.25, 0.3) is 5.91 Å². The average Bonchev–Trinajstić information content (AvgIpc) is 2.28. The summed E-state index contributed by atoms with van der Waals surface area (Å²) in [6.45, 7) is 0.0836. The first-order valence-electron chi connectivity index (χ1n) is 4.58. The highest BCUT2D eigenvalue weighted by Gasteiger charge is 2.08. The fourth-order valence-electron chi connectivity index (χ4n) is 1.06. The van der Waals surface area contributed by atoms with Gasteiger partial charge < -0.3 is 22.8 Å². The smallest absolute Gasteiger partial charge is 0.385 e. The van der Waals surface area contributed by atoms with Crippen molar-refractivity contribution in [3.05, 3.63) is 34.8 Å². The van der Waals surface area contributed by atoms with Gasteiger partial charge in [0.05, 0.1) is 6.42 Å². The molecule has 0 aliphatic rings. The highest BCUT2D eigenvalue weighted by molar-refractivity contribution is 5.94. The first-order valence-corrected chi connectivity index (χ1v) is 4.58. The van der Waals surface area contributed by atoms with Gasteiger partial charge in [-0.15, -0.1) is 0 Å². The molecule has 0 unspecified atom stereocenters. The molecule has 6 nitrogen and oxygen atoms in total. The summed E-state index contributed by atoms with van der Waals surface area (Å²) in [5.41, 5.74) is 0.736. The Kier molecular flexibility index (Phi) is 6.29. The molecule has 17 heavy (non-hydrogen) atoms. The molecular weight excluding hydrogens is 246 g/mol. The number of benzene rings is 1. The first kappa shape index (κ1) is 14.9. The maximum Gasteiger partial charge on any atom is 0.385 e. The molecule has 0 saturated heterocycles. The summed E-state index contributed by atoms with van der Waals surface area (Å²) in [5.74, 6) is -1.32. The second kappa shape index (κ2) is 7.19. The lowest BCUT2D eigenvalue weighted by molar-refractivity contribution is -0.136. The maximum atomic E-state index is 11.4. The van der Waals surface area contributed by atoms with Gasteiger partial charge in [0, 0.05) is 24.2 Å². The lowest BCUT2D eigenvalue weighted by Gasteiger charge is -2.01. The Bertz CT molecular complexity index is 439. The number of halogens is 1. The molecule has 0 bridgehead atoms. The molecular formula is C10H10ClN3O3. The number of amides is 1. The second-order valence-electron chi connectivity index (χ2n) is 3.05. The molecule has 0 aliphatic carbocycles. The Morgan fingerprint density at radius 3 is 2.35 bits per heavy atom. The molecule has 7 heteroatoms. The second-order valence-corrected chi connectivity index (χ2v) is 3.05. The molecule has 1 rings (SSSR count). The molecule has 0 atom stereocenters. The molecule has 0 fully saturated rings. The molecule has 1 amide bonds. The van der Waals surface area contributed by atoms with E-state index in [1.54, 1.807) is 0 Å². The van der Waals surface area contributed by atoms with Crippen molar-refractivity contribution in [3.8, 4) is 0 Å². The summed E-state index contributed by atoms with van der Waals surface area (Å²) in [7, 11) is 0. The van der Waals surface area contributed by atoms with E-state index >= 15 is 0 Å². The third kappa shape index (κ3) is 4.95. The fourth-order valence-corrected chi connectivity index (χ4v) is 1.06. The van der Waals surface area contributed by atoms with Gasteiger partial charge in [-0.3, -0.25) is 9.59 Å². The minimum absolute atomic E-state index is 0. The first-order chi connectivity index (χ1) is 7.63. The number of nitrogens with zero attached hydrogens (tertiary/aromatic N) is 2. The van der Waals surface area contributed by atoms with Gasteiger partial charge in [-0.1, -0.05) is 0 Å². The standard InChI is InChI=1S/C10H9N3O3.ClH/c11-13-8-3-1-7(2-4-8)10(16)12-6-5-9(14)15;/h1-4H,5-6H2,(H-,12,14,15,16);1H. The van der Waals surface area contributed by atoms with Crippen molar-refractivity contribution >= 4 is 17.6 Å². The normalized spacial score (nSPS) is 8.65. The van der Waals surface area contributed by atoms with Gasteiger partial charge in [0.1, 0.15) is 0 Å². The number of aliphatic carboxylic acids is 1. The number of carbonyl (C=O) groups excluding carboxylic acids is 1. The van der Waals surface area contributed by atoms with Gasteiger partial charge in [-0.25, -0.2) is 0 Å². The third-order valence-corrected chi connectivity index (χ3v) is 1.87. The predicted molar refractivity (Wildman–Crippen MR) is 55.8 cm³/mol. The van der Waals surface area contributed by atoms with Crippen molar-refractivity contribution < 1.29 is 27.1 Å². The van der Waals surface area contributed by atoms with Crippen molar-refractivity contribution in [1.82, 2.24) is 5.32 Å². The van der Waals surface area contributed by atoms with Crippen LogP contribution < -0.4 is 17.7 Å². The molecule has 0 aliphatic heterocycles. The van der Waals surface area contributed by atoms with Crippen molar-refractivity contribution in [2.75, 3.05) is 6.54 Å². The average molecular weight is 256 g/mol. The van der Waals surface area contributed by atoms with Crippen LogP contribution in [0.15, 0.2) is 24.3 Å². The summed E-state index contributed by atoms with van der Waals surface area (Å²) in [4.78, 5) is 24.6. The zero-order chi connectivity index (χ0) is 12.0. The molecule has 0 aromatic heterocycles. The van der Waals surface area contributed by atoms with Gasteiger partial charge in [0.15, 0.2) is 4.98 Å².